The second-order valence-corrected chi connectivity index (χ2v) is 8.88. The highest BCUT2D eigenvalue weighted by Gasteiger charge is 2.52. The summed E-state index contributed by atoms with van der Waals surface area (Å²) in [5.74, 6) is -1.06. The van der Waals surface area contributed by atoms with Crippen molar-refractivity contribution in [2.75, 3.05) is 0 Å². The molecule has 0 radical (unpaired) electrons. The highest BCUT2D eigenvalue weighted by atomic mass is 31.2. The number of carbonyl (C=O) groups is 2. The fourth-order valence-corrected chi connectivity index (χ4v) is 4.66. The maximum atomic E-state index is 13.8. The molecule has 3 rings (SSSR count). The second kappa shape index (κ2) is 11.7. The molecular formula is C22H24N3O9P. The largest absolute Gasteiger partial charge is 0.589 e. The first kappa shape index (κ1) is 26.1. The fourth-order valence-electron chi connectivity index (χ4n) is 3.35. The first-order valence-electron chi connectivity index (χ1n) is 10.5. The van der Waals surface area contributed by atoms with Crippen molar-refractivity contribution in [1.29, 1.82) is 0 Å². The van der Waals surface area contributed by atoms with E-state index >= 15 is 0 Å². The molecule has 5 atom stereocenters. The van der Waals surface area contributed by atoms with E-state index in [1.54, 1.807) is 36.4 Å². The lowest BCUT2D eigenvalue weighted by Gasteiger charge is -2.42. The molecule has 0 aliphatic carbocycles. The maximum absolute atomic E-state index is 13.8. The highest BCUT2D eigenvalue weighted by Crippen LogP contribution is 2.52. The van der Waals surface area contributed by atoms with Crippen molar-refractivity contribution in [2.24, 2.45) is 5.11 Å². The van der Waals surface area contributed by atoms with Crippen LogP contribution in [0.15, 0.2) is 65.8 Å². The molecule has 1 heterocycles. The van der Waals surface area contributed by atoms with Gasteiger partial charge in [-0.3, -0.25) is 9.59 Å². The number of esters is 2. The van der Waals surface area contributed by atoms with E-state index in [1.165, 1.54) is 31.2 Å². The molecule has 2 aromatic carbocycles. The van der Waals surface area contributed by atoms with Gasteiger partial charge < -0.3 is 23.3 Å². The van der Waals surface area contributed by atoms with E-state index in [1.807, 2.05) is 0 Å². The van der Waals surface area contributed by atoms with Gasteiger partial charge in [0.15, 0.2) is 18.5 Å². The van der Waals surface area contributed by atoms with Crippen LogP contribution in [-0.2, 0) is 32.9 Å². The summed E-state index contributed by atoms with van der Waals surface area (Å²) in [6, 6.07) is 14.9. The van der Waals surface area contributed by atoms with Crippen LogP contribution in [0.2, 0.25) is 0 Å². The number of azide groups is 1. The monoisotopic (exact) mass is 505 g/mol. The van der Waals surface area contributed by atoms with Gasteiger partial charge in [-0.25, -0.2) is 9.09 Å². The molecule has 0 bridgehead atoms. The molecule has 1 fully saturated rings. The molecular weight excluding hydrogens is 481 g/mol. The van der Waals surface area contributed by atoms with Gasteiger partial charge in [0, 0.05) is 18.8 Å². The van der Waals surface area contributed by atoms with E-state index in [2.05, 4.69) is 10.0 Å². The van der Waals surface area contributed by atoms with Gasteiger partial charge in [-0.1, -0.05) is 41.5 Å². The molecule has 1 aliphatic heterocycles. The molecule has 186 valence electrons. The topological polar surface area (TPSA) is 155 Å². The summed E-state index contributed by atoms with van der Waals surface area (Å²) in [4.78, 5) is 26.2. The first-order chi connectivity index (χ1) is 16.7. The van der Waals surface area contributed by atoms with Crippen LogP contribution < -0.4 is 9.05 Å². The Kier molecular flexibility index (Phi) is 8.73. The van der Waals surface area contributed by atoms with Gasteiger partial charge in [0.1, 0.15) is 17.5 Å². The molecule has 0 saturated carbocycles. The zero-order valence-corrected chi connectivity index (χ0v) is 20.0. The third-order valence-corrected chi connectivity index (χ3v) is 6.03. The number of para-hydroxylation sites is 2. The van der Waals surface area contributed by atoms with E-state index in [4.69, 9.17) is 33.3 Å². The van der Waals surface area contributed by atoms with Gasteiger partial charge in [-0.2, -0.15) is 0 Å². The Labute approximate surface area is 201 Å². The minimum Gasteiger partial charge on any atom is -0.458 e. The van der Waals surface area contributed by atoms with Gasteiger partial charge in [0.25, 0.3) is 0 Å². The highest BCUT2D eigenvalue weighted by molar-refractivity contribution is 7.49. The van der Waals surface area contributed by atoms with Gasteiger partial charge in [-0.15, -0.1) is 0 Å². The number of hydrogen-bond acceptors (Lipinski definition) is 10. The summed E-state index contributed by atoms with van der Waals surface area (Å²) in [5, 5.41) is 3.62. The number of phosphoric acid groups is 1. The fraction of sp³-hybridized carbons (Fsp3) is 0.364. The lowest BCUT2D eigenvalue weighted by Crippen LogP contribution is -2.59. The van der Waals surface area contributed by atoms with Gasteiger partial charge in [0.05, 0.1) is 6.10 Å². The lowest BCUT2D eigenvalue weighted by atomic mass is 9.97. The van der Waals surface area contributed by atoms with E-state index in [9.17, 15) is 14.2 Å². The number of benzene rings is 2. The summed E-state index contributed by atoms with van der Waals surface area (Å²) < 4.78 is 47.0. The third kappa shape index (κ3) is 7.21. The minimum atomic E-state index is -4.48. The van der Waals surface area contributed by atoms with Crippen molar-refractivity contribution in [3.05, 3.63) is 71.1 Å². The average molecular weight is 505 g/mol. The van der Waals surface area contributed by atoms with E-state index in [-0.39, 0.29) is 11.5 Å². The molecule has 0 unspecified atom stereocenters. The van der Waals surface area contributed by atoms with Crippen LogP contribution in [0.25, 0.3) is 10.4 Å². The van der Waals surface area contributed by atoms with Crippen LogP contribution in [0, 0.1) is 0 Å². The molecule has 0 amide bonds. The molecule has 2 aromatic rings. The molecule has 1 saturated heterocycles. The summed E-state index contributed by atoms with van der Waals surface area (Å²) in [6.45, 7) is 3.82. The molecule has 35 heavy (non-hydrogen) atoms. The summed E-state index contributed by atoms with van der Waals surface area (Å²) in [5.41, 5.74) is 9.16. The van der Waals surface area contributed by atoms with Crippen LogP contribution in [0.3, 0.4) is 0 Å². The minimum absolute atomic E-state index is 0.172. The SMILES string of the molecule is CC(=O)O[C@@H]1[C@@H](N=[N+]=[N-])[C@@H](OP(=O)(Oc2ccccc2)Oc2ccccc2)O[C@H](C)[C@@H]1OC(C)=O. The lowest BCUT2D eigenvalue weighted by molar-refractivity contribution is -0.244. The van der Waals surface area contributed by atoms with Gasteiger partial charge in [0.2, 0.25) is 0 Å². The Morgan fingerprint density at radius 1 is 0.914 bits per heavy atom. The van der Waals surface area contributed by atoms with Crippen LogP contribution in [0.4, 0.5) is 0 Å². The maximum Gasteiger partial charge on any atom is 0.589 e. The van der Waals surface area contributed by atoms with E-state index < -0.39 is 50.4 Å². The third-order valence-electron chi connectivity index (χ3n) is 4.69. The smallest absolute Gasteiger partial charge is 0.458 e. The quantitative estimate of drug-likeness (QED) is 0.157. The Bertz CT molecular complexity index is 1070. The van der Waals surface area contributed by atoms with Crippen molar-refractivity contribution >= 4 is 19.8 Å². The number of ether oxygens (including phenoxy) is 3. The summed E-state index contributed by atoms with van der Waals surface area (Å²) in [6.07, 6.45) is -4.91. The van der Waals surface area contributed by atoms with Crippen LogP contribution in [0.5, 0.6) is 11.5 Å². The Morgan fingerprint density at radius 3 is 1.86 bits per heavy atom. The zero-order chi connectivity index (χ0) is 25.4. The Hall–Kier alpha value is -3.56. The molecule has 0 spiro atoms. The van der Waals surface area contributed by atoms with Gasteiger partial charge >= 0.3 is 19.8 Å². The standard InChI is InChI=1S/C22H24N3O9P/c1-14-20(30-15(2)26)21(31-16(3)27)19(24-25-23)22(29-14)34-35(28,32-17-10-6-4-7-11-17)33-18-12-8-5-9-13-18/h4-14,19-22H,1-3H3/t14-,19-,20+,21-,22-/m1/s1. The molecule has 1 aliphatic rings. The average Bonchev–Trinajstić information content (AvgIpc) is 2.79. The van der Waals surface area contributed by atoms with Gasteiger partial charge in [-0.05, 0) is 36.7 Å². The second-order valence-electron chi connectivity index (χ2n) is 7.41. The van der Waals surface area contributed by atoms with Crippen LogP contribution >= 0.6 is 7.82 Å². The predicted molar refractivity (Wildman–Crippen MR) is 121 cm³/mol. The number of hydrogen-bond donors (Lipinski definition) is 0. The van der Waals surface area contributed by atoms with E-state index in [0.29, 0.717) is 0 Å². The number of nitrogens with zero attached hydrogens (tertiary/aromatic N) is 3. The zero-order valence-electron chi connectivity index (χ0n) is 19.1. The molecule has 0 N–H and O–H groups in total. The van der Waals surface area contributed by atoms with Crippen molar-refractivity contribution in [1.82, 2.24) is 0 Å². The number of carbonyl (C=O) groups excluding carboxylic acids is 2. The van der Waals surface area contributed by atoms with Crippen molar-refractivity contribution in [3.63, 3.8) is 0 Å². The molecule has 0 aromatic heterocycles. The summed E-state index contributed by atoms with van der Waals surface area (Å²) in [7, 11) is -4.48. The number of phosphoric ester groups is 1. The Balaban J connectivity index is 1.97. The molecule has 13 heteroatoms. The van der Waals surface area contributed by atoms with Crippen LogP contribution in [0.1, 0.15) is 20.8 Å². The predicted octanol–water partition coefficient (Wildman–Crippen LogP) is 4.56. The molecule has 12 nitrogen and oxygen atoms in total. The van der Waals surface area contributed by atoms with E-state index in [0.717, 1.165) is 13.8 Å². The Morgan fingerprint density at radius 2 is 1.40 bits per heavy atom. The van der Waals surface area contributed by atoms with Crippen molar-refractivity contribution < 1.29 is 41.9 Å². The number of rotatable bonds is 9. The normalized spacial score (nSPS) is 23.9. The van der Waals surface area contributed by atoms with Crippen molar-refractivity contribution in [3.8, 4) is 11.5 Å². The van der Waals surface area contributed by atoms with Crippen LogP contribution in [-0.4, -0.2) is 42.6 Å². The van der Waals surface area contributed by atoms with Crippen molar-refractivity contribution in [2.45, 2.75) is 51.4 Å². The first-order valence-corrected chi connectivity index (χ1v) is 12.0. The summed E-state index contributed by atoms with van der Waals surface area (Å²) >= 11 is 0.